The number of para-hydroxylation sites is 1. The number of thiazole rings is 1. The largest absolute Gasteiger partial charge is 0.493 e. The highest BCUT2D eigenvalue weighted by Crippen LogP contribution is 2.32. The average Bonchev–Trinajstić information content (AvgIpc) is 3.36. The van der Waals surface area contributed by atoms with E-state index in [9.17, 15) is 9.59 Å². The zero-order valence-corrected chi connectivity index (χ0v) is 17.1. The summed E-state index contributed by atoms with van der Waals surface area (Å²) < 4.78 is 11.6. The van der Waals surface area contributed by atoms with Crippen molar-refractivity contribution < 1.29 is 19.1 Å². The van der Waals surface area contributed by atoms with E-state index >= 15 is 0 Å². The Bertz CT molecular complexity index is 1030. The number of anilines is 1. The van der Waals surface area contributed by atoms with E-state index in [1.165, 1.54) is 18.4 Å². The van der Waals surface area contributed by atoms with E-state index in [-0.39, 0.29) is 18.5 Å². The molecule has 1 aromatic heterocycles. The average molecular weight is 411 g/mol. The minimum Gasteiger partial charge on any atom is -0.493 e. The maximum atomic E-state index is 13.4. The molecule has 0 aliphatic carbocycles. The van der Waals surface area contributed by atoms with Crippen molar-refractivity contribution in [2.75, 3.05) is 32.3 Å². The fourth-order valence-corrected chi connectivity index (χ4v) is 4.29. The van der Waals surface area contributed by atoms with Crippen LogP contribution in [0.25, 0.3) is 10.2 Å². The smallest absolute Gasteiger partial charge is 0.261 e. The number of carbonyl (C=O) groups excluding carboxylic acids is 2. The number of nitrogens with zero attached hydrogens (tertiary/aromatic N) is 3. The van der Waals surface area contributed by atoms with Crippen LogP contribution in [-0.2, 0) is 4.79 Å². The lowest BCUT2D eigenvalue weighted by Gasteiger charge is -2.26. The first-order valence-electron chi connectivity index (χ1n) is 9.28. The quantitative estimate of drug-likeness (QED) is 0.620. The maximum absolute atomic E-state index is 13.4. The minimum atomic E-state index is -0.246. The highest BCUT2D eigenvalue weighted by atomic mass is 32.1. The van der Waals surface area contributed by atoms with Gasteiger partial charge in [-0.25, -0.2) is 4.98 Å². The topological polar surface area (TPSA) is 72.0 Å². The van der Waals surface area contributed by atoms with Crippen LogP contribution in [0.4, 0.5) is 5.13 Å². The van der Waals surface area contributed by atoms with Gasteiger partial charge in [0.2, 0.25) is 5.91 Å². The molecule has 1 aliphatic rings. The van der Waals surface area contributed by atoms with Gasteiger partial charge in [-0.3, -0.25) is 14.5 Å². The lowest BCUT2D eigenvalue weighted by Crippen LogP contribution is -2.42. The molecule has 29 heavy (non-hydrogen) atoms. The first-order chi connectivity index (χ1) is 14.1. The molecule has 4 rings (SSSR count). The summed E-state index contributed by atoms with van der Waals surface area (Å²) in [6.07, 6.45) is 1.31. The normalized spacial score (nSPS) is 13.7. The highest BCUT2D eigenvalue weighted by molar-refractivity contribution is 7.22. The van der Waals surface area contributed by atoms with Gasteiger partial charge in [0.25, 0.3) is 5.91 Å². The van der Waals surface area contributed by atoms with E-state index in [2.05, 4.69) is 4.98 Å². The van der Waals surface area contributed by atoms with Crippen LogP contribution in [0.1, 0.15) is 23.2 Å². The first kappa shape index (κ1) is 19.2. The number of carbonyl (C=O) groups is 2. The molecule has 1 saturated heterocycles. The molecule has 0 N–H and O–H groups in total. The Morgan fingerprint density at radius 2 is 1.97 bits per heavy atom. The summed E-state index contributed by atoms with van der Waals surface area (Å²) in [6, 6.07) is 12.8. The second-order valence-corrected chi connectivity index (χ2v) is 7.68. The summed E-state index contributed by atoms with van der Waals surface area (Å²) in [4.78, 5) is 33.5. The van der Waals surface area contributed by atoms with Crippen LogP contribution in [0.3, 0.4) is 0 Å². The Balaban J connectivity index is 1.72. The molecule has 1 aliphatic heterocycles. The zero-order valence-electron chi connectivity index (χ0n) is 16.3. The molecule has 2 aromatic carbocycles. The van der Waals surface area contributed by atoms with Gasteiger partial charge >= 0.3 is 0 Å². The Hall–Kier alpha value is -3.13. The number of methoxy groups -OCH3 is 2. The van der Waals surface area contributed by atoms with E-state index in [0.29, 0.717) is 35.2 Å². The summed E-state index contributed by atoms with van der Waals surface area (Å²) in [5.74, 6) is 0.825. The molecule has 7 nitrogen and oxygen atoms in total. The van der Waals surface area contributed by atoms with E-state index in [1.807, 2.05) is 24.3 Å². The molecule has 2 heterocycles. The maximum Gasteiger partial charge on any atom is 0.261 e. The molecular weight excluding hydrogens is 390 g/mol. The second-order valence-electron chi connectivity index (χ2n) is 6.67. The number of hydrogen-bond acceptors (Lipinski definition) is 6. The van der Waals surface area contributed by atoms with E-state index in [1.54, 1.807) is 35.1 Å². The van der Waals surface area contributed by atoms with Gasteiger partial charge in [-0.05, 0) is 36.8 Å². The van der Waals surface area contributed by atoms with Crippen LogP contribution < -0.4 is 14.4 Å². The molecule has 2 amide bonds. The third-order valence-corrected chi connectivity index (χ3v) is 5.93. The minimum absolute atomic E-state index is 0.0521. The van der Waals surface area contributed by atoms with Gasteiger partial charge in [0, 0.05) is 18.5 Å². The van der Waals surface area contributed by atoms with Crippen LogP contribution in [0.5, 0.6) is 11.5 Å². The van der Waals surface area contributed by atoms with Gasteiger partial charge in [0.05, 0.1) is 24.4 Å². The number of ether oxygens (including phenoxy) is 2. The van der Waals surface area contributed by atoms with E-state index < -0.39 is 0 Å². The number of fused-ring (bicyclic) bond motifs is 1. The number of amides is 2. The van der Waals surface area contributed by atoms with Crippen molar-refractivity contribution in [3.63, 3.8) is 0 Å². The lowest BCUT2D eigenvalue weighted by molar-refractivity contribution is -0.127. The first-order valence-corrected chi connectivity index (χ1v) is 10.1. The van der Waals surface area contributed by atoms with Gasteiger partial charge in [-0.15, -0.1) is 0 Å². The van der Waals surface area contributed by atoms with Crippen LogP contribution in [0, 0.1) is 0 Å². The van der Waals surface area contributed by atoms with Gasteiger partial charge in [0.15, 0.2) is 16.6 Å². The molecule has 150 valence electrons. The third-order valence-electron chi connectivity index (χ3n) is 4.87. The summed E-state index contributed by atoms with van der Waals surface area (Å²) >= 11 is 1.43. The molecule has 8 heteroatoms. The predicted octanol–water partition coefficient (Wildman–Crippen LogP) is 3.54. The molecule has 0 bridgehead atoms. The predicted molar refractivity (Wildman–Crippen MR) is 112 cm³/mol. The number of likely N-dealkylation sites (tertiary alicyclic amines) is 1. The van der Waals surface area contributed by atoms with Crippen LogP contribution in [0.15, 0.2) is 42.5 Å². The van der Waals surface area contributed by atoms with Crippen LogP contribution in [0.2, 0.25) is 0 Å². The van der Waals surface area contributed by atoms with Crippen molar-refractivity contribution in [1.82, 2.24) is 9.88 Å². The van der Waals surface area contributed by atoms with E-state index in [4.69, 9.17) is 9.47 Å². The highest BCUT2D eigenvalue weighted by Gasteiger charge is 2.28. The van der Waals surface area contributed by atoms with Crippen molar-refractivity contribution in [2.45, 2.75) is 12.8 Å². The van der Waals surface area contributed by atoms with Crippen molar-refractivity contribution in [3.8, 4) is 11.5 Å². The number of rotatable bonds is 6. The van der Waals surface area contributed by atoms with Crippen molar-refractivity contribution >= 4 is 38.5 Å². The Labute approximate surface area is 172 Å². The standard InChI is InChI=1S/C21H21N3O4S/c1-27-16-10-9-14(12-17(16)28-2)20(26)24(13-23-11-5-8-19(23)25)21-22-15-6-3-4-7-18(15)29-21/h3-4,6-7,9-10,12H,5,8,11,13H2,1-2H3. The second kappa shape index (κ2) is 8.08. The Morgan fingerprint density at radius 1 is 1.17 bits per heavy atom. The molecule has 3 aromatic rings. The molecule has 0 spiro atoms. The Kier molecular flexibility index (Phi) is 5.35. The molecule has 1 fully saturated rings. The van der Waals surface area contributed by atoms with Gasteiger partial charge < -0.3 is 14.4 Å². The van der Waals surface area contributed by atoms with Crippen molar-refractivity contribution in [2.24, 2.45) is 0 Å². The molecule has 0 saturated carbocycles. The van der Waals surface area contributed by atoms with Gasteiger partial charge in [-0.2, -0.15) is 0 Å². The van der Waals surface area contributed by atoms with Crippen molar-refractivity contribution in [3.05, 3.63) is 48.0 Å². The van der Waals surface area contributed by atoms with Gasteiger partial charge in [0.1, 0.15) is 6.67 Å². The number of benzene rings is 2. The van der Waals surface area contributed by atoms with E-state index in [0.717, 1.165) is 16.6 Å². The van der Waals surface area contributed by atoms with Gasteiger partial charge in [-0.1, -0.05) is 23.5 Å². The fraction of sp³-hybridized carbons (Fsp3) is 0.286. The fourth-order valence-electron chi connectivity index (χ4n) is 3.34. The zero-order chi connectivity index (χ0) is 20.4. The monoisotopic (exact) mass is 411 g/mol. The SMILES string of the molecule is COc1ccc(C(=O)N(CN2CCCC2=O)c2nc3ccccc3s2)cc1OC. The van der Waals surface area contributed by atoms with Crippen molar-refractivity contribution in [1.29, 1.82) is 0 Å². The van der Waals surface area contributed by atoms with Crippen LogP contribution >= 0.6 is 11.3 Å². The molecule has 0 atom stereocenters. The summed E-state index contributed by atoms with van der Waals surface area (Å²) in [5.41, 5.74) is 1.26. The number of aromatic nitrogens is 1. The third kappa shape index (κ3) is 3.75. The molecular formula is C21H21N3O4S. The molecule has 0 radical (unpaired) electrons. The summed E-state index contributed by atoms with van der Waals surface area (Å²) in [5, 5.41) is 0.561. The summed E-state index contributed by atoms with van der Waals surface area (Å²) in [6.45, 7) is 0.811. The molecule has 0 unspecified atom stereocenters. The Morgan fingerprint density at radius 3 is 2.66 bits per heavy atom. The van der Waals surface area contributed by atoms with Crippen LogP contribution in [-0.4, -0.2) is 49.1 Å². The lowest BCUT2D eigenvalue weighted by atomic mass is 10.2. The number of hydrogen-bond donors (Lipinski definition) is 0. The summed E-state index contributed by atoms with van der Waals surface area (Å²) in [7, 11) is 3.08.